The number of hydrogen-bond donors (Lipinski definition) is 0. The van der Waals surface area contributed by atoms with Gasteiger partial charge in [0.1, 0.15) is 5.78 Å². The van der Waals surface area contributed by atoms with Gasteiger partial charge in [0.2, 0.25) is 0 Å². The van der Waals surface area contributed by atoms with Gasteiger partial charge in [0, 0.05) is 22.2 Å². The normalized spacial score (nSPS) is 41.6. The molecule has 104 valence electrons. The molecule has 3 heteroatoms. The molecule has 1 aliphatic heterocycles. The minimum absolute atomic E-state index is 0.276. The lowest BCUT2D eigenvalue weighted by atomic mass is 9.75. The van der Waals surface area contributed by atoms with E-state index in [1.54, 1.807) is 0 Å². The van der Waals surface area contributed by atoms with Crippen molar-refractivity contribution in [2.24, 2.45) is 11.8 Å². The van der Waals surface area contributed by atoms with Gasteiger partial charge in [-0.15, -0.1) is 11.8 Å². The van der Waals surface area contributed by atoms with E-state index in [1.165, 1.54) is 25.7 Å². The van der Waals surface area contributed by atoms with E-state index < -0.39 is 0 Å². The molecule has 0 N–H and O–H groups in total. The summed E-state index contributed by atoms with van der Waals surface area (Å²) >= 11 is 3.93. The van der Waals surface area contributed by atoms with E-state index in [-0.39, 0.29) is 5.25 Å². The van der Waals surface area contributed by atoms with Gasteiger partial charge in [-0.25, -0.2) is 0 Å². The highest BCUT2D eigenvalue weighted by Gasteiger charge is 2.37. The lowest BCUT2D eigenvalue weighted by molar-refractivity contribution is -0.124. The van der Waals surface area contributed by atoms with E-state index in [0.29, 0.717) is 28.1 Å². The second-order valence-electron chi connectivity index (χ2n) is 5.83. The summed E-state index contributed by atoms with van der Waals surface area (Å²) < 4.78 is 0. The van der Waals surface area contributed by atoms with Crippen molar-refractivity contribution >= 4 is 29.3 Å². The predicted molar refractivity (Wildman–Crippen MR) is 83.5 cm³/mol. The molecule has 1 nitrogen and oxygen atoms in total. The monoisotopic (exact) mass is 286 g/mol. The summed E-state index contributed by atoms with van der Waals surface area (Å²) in [5.41, 5.74) is 0. The van der Waals surface area contributed by atoms with Crippen LogP contribution < -0.4 is 0 Å². The van der Waals surface area contributed by atoms with Gasteiger partial charge in [-0.1, -0.05) is 40.0 Å². The largest absolute Gasteiger partial charge is 0.298 e. The van der Waals surface area contributed by atoms with Crippen molar-refractivity contribution in [3.8, 4) is 0 Å². The standard InChI is InChI=1S/C15H26OS2/c1-4-12-7-5-6-8-13(12)15(16)14-9-17-10(2)11(3)18-14/h10-14H,4-9H2,1-3H3. The van der Waals surface area contributed by atoms with Crippen LogP contribution in [0.4, 0.5) is 0 Å². The maximum absolute atomic E-state index is 12.7. The van der Waals surface area contributed by atoms with Crippen LogP contribution in [0.25, 0.3) is 0 Å². The number of carbonyl (C=O) groups excluding carboxylic acids is 1. The Morgan fingerprint density at radius 2 is 1.89 bits per heavy atom. The van der Waals surface area contributed by atoms with Crippen LogP contribution in [0.1, 0.15) is 52.9 Å². The Bertz CT molecular complexity index is 292. The Morgan fingerprint density at radius 1 is 1.17 bits per heavy atom. The molecule has 0 amide bonds. The second-order valence-corrected chi connectivity index (χ2v) is 8.82. The number of Topliss-reactive ketones (excluding diaryl/α,β-unsaturated/α-hetero) is 1. The molecule has 2 fully saturated rings. The fourth-order valence-electron chi connectivity index (χ4n) is 3.24. The third-order valence-electron chi connectivity index (χ3n) is 4.67. The van der Waals surface area contributed by atoms with Gasteiger partial charge in [-0.2, -0.15) is 11.8 Å². The topological polar surface area (TPSA) is 17.1 Å². The van der Waals surface area contributed by atoms with Gasteiger partial charge >= 0.3 is 0 Å². The first-order valence-corrected chi connectivity index (χ1v) is 9.43. The van der Waals surface area contributed by atoms with Gasteiger partial charge in [0.25, 0.3) is 0 Å². The summed E-state index contributed by atoms with van der Waals surface area (Å²) in [6.07, 6.45) is 6.23. The smallest absolute Gasteiger partial charge is 0.150 e. The van der Waals surface area contributed by atoms with Crippen LogP contribution in [0.5, 0.6) is 0 Å². The third kappa shape index (κ3) is 3.27. The molecule has 0 aromatic heterocycles. The van der Waals surface area contributed by atoms with Crippen molar-refractivity contribution < 1.29 is 4.79 Å². The molecule has 5 atom stereocenters. The van der Waals surface area contributed by atoms with E-state index in [2.05, 4.69) is 20.8 Å². The van der Waals surface area contributed by atoms with Crippen molar-refractivity contribution in [1.29, 1.82) is 0 Å². The predicted octanol–water partition coefficient (Wildman–Crippen LogP) is 4.40. The van der Waals surface area contributed by atoms with Crippen LogP contribution in [-0.2, 0) is 4.79 Å². The molecule has 1 saturated carbocycles. The molecular formula is C15H26OS2. The molecule has 0 radical (unpaired) electrons. The van der Waals surface area contributed by atoms with Crippen LogP contribution >= 0.6 is 23.5 Å². The number of rotatable bonds is 3. The second kappa shape index (κ2) is 6.69. The molecule has 0 bridgehead atoms. The maximum Gasteiger partial charge on any atom is 0.150 e. The average Bonchev–Trinajstić information content (AvgIpc) is 2.41. The maximum atomic E-state index is 12.7. The fourth-order valence-corrected chi connectivity index (χ4v) is 6.18. The molecule has 0 aromatic rings. The van der Waals surface area contributed by atoms with Crippen LogP contribution in [0, 0.1) is 11.8 Å². The third-order valence-corrected chi connectivity index (χ3v) is 8.07. The summed E-state index contributed by atoms with van der Waals surface area (Å²) in [4.78, 5) is 12.7. The molecule has 1 saturated heterocycles. The Kier molecular flexibility index (Phi) is 5.49. The lowest BCUT2D eigenvalue weighted by Crippen LogP contribution is -2.38. The van der Waals surface area contributed by atoms with E-state index in [4.69, 9.17) is 0 Å². The van der Waals surface area contributed by atoms with Crippen molar-refractivity contribution in [3.05, 3.63) is 0 Å². The molecular weight excluding hydrogens is 260 g/mol. The highest BCUT2D eigenvalue weighted by molar-refractivity contribution is 8.08. The van der Waals surface area contributed by atoms with Gasteiger partial charge in [0.15, 0.2) is 0 Å². The summed E-state index contributed by atoms with van der Waals surface area (Å²) in [7, 11) is 0. The molecule has 18 heavy (non-hydrogen) atoms. The molecule has 5 unspecified atom stereocenters. The number of hydrogen-bond acceptors (Lipinski definition) is 3. The Labute approximate surface area is 120 Å². The first-order chi connectivity index (χ1) is 8.63. The van der Waals surface area contributed by atoms with Crippen LogP contribution in [0.15, 0.2) is 0 Å². The highest BCUT2D eigenvalue weighted by Crippen LogP contribution is 2.40. The summed E-state index contributed by atoms with van der Waals surface area (Å²) in [5, 5.41) is 1.60. The van der Waals surface area contributed by atoms with E-state index in [0.717, 1.165) is 12.2 Å². The lowest BCUT2D eigenvalue weighted by Gasteiger charge is -2.36. The zero-order valence-electron chi connectivity index (χ0n) is 11.9. The van der Waals surface area contributed by atoms with Crippen molar-refractivity contribution in [2.45, 2.75) is 68.6 Å². The Balaban J connectivity index is 1.97. The first-order valence-electron chi connectivity index (χ1n) is 7.44. The summed E-state index contributed by atoms with van der Waals surface area (Å²) in [6.45, 7) is 6.82. The van der Waals surface area contributed by atoms with Gasteiger partial charge in [0.05, 0.1) is 5.25 Å². The van der Waals surface area contributed by atoms with Crippen LogP contribution in [0.3, 0.4) is 0 Å². The minimum atomic E-state index is 0.276. The van der Waals surface area contributed by atoms with Gasteiger partial charge in [-0.3, -0.25) is 4.79 Å². The minimum Gasteiger partial charge on any atom is -0.298 e. The number of ketones is 1. The van der Waals surface area contributed by atoms with Crippen molar-refractivity contribution in [1.82, 2.24) is 0 Å². The quantitative estimate of drug-likeness (QED) is 0.765. The Hall–Kier alpha value is 0.370. The van der Waals surface area contributed by atoms with Gasteiger partial charge in [-0.05, 0) is 18.8 Å². The molecule has 0 spiro atoms. The van der Waals surface area contributed by atoms with Crippen molar-refractivity contribution in [2.75, 3.05) is 5.75 Å². The molecule has 2 aliphatic rings. The average molecular weight is 287 g/mol. The fraction of sp³-hybridized carbons (Fsp3) is 0.933. The first kappa shape index (κ1) is 14.8. The molecule has 1 aliphatic carbocycles. The number of thioether (sulfide) groups is 2. The number of carbonyl (C=O) groups is 1. The molecule has 2 rings (SSSR count). The van der Waals surface area contributed by atoms with E-state index in [1.807, 2.05) is 23.5 Å². The molecule has 0 aromatic carbocycles. The Morgan fingerprint density at radius 3 is 2.56 bits per heavy atom. The molecule has 1 heterocycles. The SMILES string of the molecule is CCC1CCCCC1C(=O)C1CSC(C)C(C)S1. The highest BCUT2D eigenvalue weighted by atomic mass is 32.2. The summed E-state index contributed by atoms with van der Waals surface area (Å²) in [5.74, 6) is 2.67. The zero-order valence-corrected chi connectivity index (χ0v) is 13.5. The van der Waals surface area contributed by atoms with Gasteiger partial charge < -0.3 is 0 Å². The van der Waals surface area contributed by atoms with Crippen molar-refractivity contribution in [3.63, 3.8) is 0 Å². The zero-order chi connectivity index (χ0) is 13.1. The van der Waals surface area contributed by atoms with E-state index >= 15 is 0 Å². The van der Waals surface area contributed by atoms with E-state index in [9.17, 15) is 4.79 Å². The summed E-state index contributed by atoms with van der Waals surface area (Å²) in [6, 6.07) is 0. The van der Waals surface area contributed by atoms with Crippen LogP contribution in [-0.4, -0.2) is 27.3 Å². The van der Waals surface area contributed by atoms with Crippen LogP contribution in [0.2, 0.25) is 0 Å².